The number of rotatable bonds is 4. The fourth-order valence-corrected chi connectivity index (χ4v) is 3.52. The lowest BCUT2D eigenvalue weighted by atomic mass is 9.72. The molecule has 0 aromatic carbocycles. The van der Waals surface area contributed by atoms with Crippen molar-refractivity contribution in [3.05, 3.63) is 17.8 Å². The van der Waals surface area contributed by atoms with Gasteiger partial charge in [0.05, 0.1) is 0 Å². The molecule has 3 fully saturated rings. The first-order chi connectivity index (χ1) is 11.3. The van der Waals surface area contributed by atoms with Crippen molar-refractivity contribution in [3.8, 4) is 0 Å². The number of amides is 2. The number of nitrogens with one attached hydrogen (secondary N) is 1. The summed E-state index contributed by atoms with van der Waals surface area (Å²) in [7, 11) is 0. The molecule has 1 saturated carbocycles. The van der Waals surface area contributed by atoms with E-state index >= 15 is 0 Å². The van der Waals surface area contributed by atoms with E-state index in [-0.39, 0.29) is 24.0 Å². The van der Waals surface area contributed by atoms with Gasteiger partial charge in [-0.1, -0.05) is 6.92 Å². The van der Waals surface area contributed by atoms with Gasteiger partial charge in [-0.15, -0.1) is 0 Å². The molecule has 132 valence electrons. The third-order valence-corrected chi connectivity index (χ3v) is 4.57. The van der Waals surface area contributed by atoms with E-state index in [9.17, 15) is 9.59 Å². The van der Waals surface area contributed by atoms with Gasteiger partial charge in [-0.25, -0.2) is 9.78 Å². The van der Waals surface area contributed by atoms with Gasteiger partial charge in [0.1, 0.15) is 11.4 Å². The first-order valence-electron chi connectivity index (χ1n) is 8.53. The predicted octanol–water partition coefficient (Wildman–Crippen LogP) is 2.54. The van der Waals surface area contributed by atoms with Crippen LogP contribution in [0.1, 0.15) is 62.7 Å². The van der Waals surface area contributed by atoms with Gasteiger partial charge in [0, 0.05) is 25.0 Å². The van der Waals surface area contributed by atoms with E-state index in [1.165, 1.54) is 6.39 Å². The molecule has 1 aromatic rings. The standard InChI is InChI=1S/C17H25N3O4/c1-5-6-18-15(21)13-14(23-9-19-13)12-10-7-11(12)20(8-10)16(22)24-17(2,3)4/h9-12H,5-8H2,1-4H3,(H,18,21). The monoisotopic (exact) mass is 335 g/mol. The molecule has 2 aliphatic heterocycles. The highest BCUT2D eigenvalue weighted by molar-refractivity contribution is 5.93. The number of hydrogen-bond donors (Lipinski definition) is 1. The van der Waals surface area contributed by atoms with Crippen LogP contribution in [-0.4, -0.2) is 46.6 Å². The molecule has 0 spiro atoms. The fraction of sp³-hybridized carbons (Fsp3) is 0.706. The summed E-state index contributed by atoms with van der Waals surface area (Å²) in [6, 6.07) is 0.0236. The van der Waals surface area contributed by atoms with Crippen LogP contribution in [0.2, 0.25) is 0 Å². The zero-order chi connectivity index (χ0) is 17.5. The first kappa shape index (κ1) is 16.8. The number of aromatic nitrogens is 1. The second kappa shape index (κ2) is 6.11. The topological polar surface area (TPSA) is 84.7 Å². The molecule has 1 N–H and O–H groups in total. The SMILES string of the molecule is CCCNC(=O)c1ncoc1C1C2CC1N(C(=O)OC(C)(C)C)C2. The molecule has 2 amide bonds. The van der Waals surface area contributed by atoms with Gasteiger partial charge < -0.3 is 19.4 Å². The maximum absolute atomic E-state index is 12.4. The van der Waals surface area contributed by atoms with Gasteiger partial charge in [-0.05, 0) is 39.5 Å². The van der Waals surface area contributed by atoms with Crippen LogP contribution < -0.4 is 5.32 Å². The highest BCUT2D eigenvalue weighted by atomic mass is 16.6. The summed E-state index contributed by atoms with van der Waals surface area (Å²) in [6.07, 6.45) is 2.79. The van der Waals surface area contributed by atoms with Crippen LogP contribution in [0.25, 0.3) is 0 Å². The van der Waals surface area contributed by atoms with Gasteiger partial charge in [0.2, 0.25) is 0 Å². The first-order valence-corrected chi connectivity index (χ1v) is 8.53. The van der Waals surface area contributed by atoms with E-state index in [2.05, 4.69) is 10.3 Å². The number of carbonyl (C=O) groups excluding carboxylic acids is 2. The summed E-state index contributed by atoms with van der Waals surface area (Å²) in [6.45, 7) is 8.81. The highest BCUT2D eigenvalue weighted by Crippen LogP contribution is 2.53. The van der Waals surface area contributed by atoms with E-state index in [1.807, 2.05) is 27.7 Å². The van der Waals surface area contributed by atoms with Crippen molar-refractivity contribution in [1.82, 2.24) is 15.2 Å². The molecule has 7 nitrogen and oxygen atoms in total. The van der Waals surface area contributed by atoms with E-state index in [0.717, 1.165) is 12.8 Å². The van der Waals surface area contributed by atoms with Crippen LogP contribution in [-0.2, 0) is 4.74 Å². The summed E-state index contributed by atoms with van der Waals surface area (Å²) < 4.78 is 11.0. The second-order valence-electron chi connectivity index (χ2n) is 7.54. The lowest BCUT2D eigenvalue weighted by Gasteiger charge is -2.35. The van der Waals surface area contributed by atoms with E-state index in [0.29, 0.717) is 30.5 Å². The maximum Gasteiger partial charge on any atom is 0.410 e. The Morgan fingerprint density at radius 3 is 2.88 bits per heavy atom. The summed E-state index contributed by atoms with van der Waals surface area (Å²) in [5.41, 5.74) is -0.175. The minimum Gasteiger partial charge on any atom is -0.447 e. The molecule has 2 saturated heterocycles. The van der Waals surface area contributed by atoms with Crippen molar-refractivity contribution >= 4 is 12.0 Å². The molecule has 3 heterocycles. The third-order valence-electron chi connectivity index (χ3n) is 4.57. The highest BCUT2D eigenvalue weighted by Gasteiger charge is 2.57. The summed E-state index contributed by atoms with van der Waals surface area (Å²) in [4.78, 5) is 30.4. The van der Waals surface area contributed by atoms with Crippen LogP contribution in [0, 0.1) is 5.92 Å². The van der Waals surface area contributed by atoms with E-state index in [1.54, 1.807) is 4.90 Å². The molecule has 24 heavy (non-hydrogen) atoms. The zero-order valence-electron chi connectivity index (χ0n) is 14.7. The number of nitrogens with zero attached hydrogens (tertiary/aromatic N) is 2. The number of ether oxygens (including phenoxy) is 1. The Morgan fingerprint density at radius 2 is 2.21 bits per heavy atom. The lowest BCUT2D eigenvalue weighted by molar-refractivity contribution is 0.0227. The van der Waals surface area contributed by atoms with Gasteiger partial charge in [0.15, 0.2) is 12.1 Å². The minimum atomic E-state index is -0.517. The molecule has 4 rings (SSSR count). The Morgan fingerprint density at radius 1 is 1.46 bits per heavy atom. The zero-order valence-corrected chi connectivity index (χ0v) is 14.7. The quantitative estimate of drug-likeness (QED) is 0.914. The predicted molar refractivity (Wildman–Crippen MR) is 86.7 cm³/mol. The molecule has 1 aliphatic carbocycles. The molecule has 3 unspecified atom stereocenters. The van der Waals surface area contributed by atoms with Crippen LogP contribution in [0.3, 0.4) is 0 Å². The summed E-state index contributed by atoms with van der Waals surface area (Å²) >= 11 is 0. The molecule has 3 aliphatic rings. The molecular weight excluding hydrogens is 310 g/mol. The number of oxazole rings is 1. The maximum atomic E-state index is 12.4. The number of carbonyl (C=O) groups is 2. The van der Waals surface area contributed by atoms with Crippen molar-refractivity contribution in [1.29, 1.82) is 0 Å². The van der Waals surface area contributed by atoms with Crippen LogP contribution in [0.15, 0.2) is 10.8 Å². The van der Waals surface area contributed by atoms with Crippen molar-refractivity contribution in [3.63, 3.8) is 0 Å². The Labute approximate surface area is 141 Å². The Kier molecular flexibility index (Phi) is 4.27. The van der Waals surface area contributed by atoms with Gasteiger partial charge in [0.25, 0.3) is 5.91 Å². The molecule has 7 heteroatoms. The lowest BCUT2D eigenvalue weighted by Crippen LogP contribution is -2.42. The van der Waals surface area contributed by atoms with Crippen LogP contribution in [0.4, 0.5) is 4.79 Å². The molecular formula is C17H25N3O4. The molecule has 3 atom stereocenters. The molecule has 1 aromatic heterocycles. The second-order valence-corrected chi connectivity index (χ2v) is 7.54. The van der Waals surface area contributed by atoms with Crippen LogP contribution in [0.5, 0.6) is 0 Å². The van der Waals surface area contributed by atoms with Crippen molar-refractivity contribution in [2.45, 2.75) is 58.1 Å². The van der Waals surface area contributed by atoms with Crippen molar-refractivity contribution < 1.29 is 18.7 Å². The smallest absolute Gasteiger partial charge is 0.410 e. The van der Waals surface area contributed by atoms with Gasteiger partial charge in [-0.3, -0.25) is 4.79 Å². The minimum absolute atomic E-state index is 0.0236. The largest absolute Gasteiger partial charge is 0.447 e. The normalized spacial score (nSPS) is 25.3. The Hall–Kier alpha value is -2.05. The Balaban J connectivity index is 1.72. The summed E-state index contributed by atoms with van der Waals surface area (Å²) in [5, 5.41) is 2.83. The van der Waals surface area contributed by atoms with Crippen molar-refractivity contribution in [2.24, 2.45) is 5.92 Å². The number of fused-ring (bicyclic) bond motifs is 1. The third kappa shape index (κ3) is 2.99. The van der Waals surface area contributed by atoms with E-state index < -0.39 is 5.60 Å². The van der Waals surface area contributed by atoms with E-state index in [4.69, 9.17) is 9.15 Å². The van der Waals surface area contributed by atoms with Crippen LogP contribution >= 0.6 is 0 Å². The van der Waals surface area contributed by atoms with Gasteiger partial charge >= 0.3 is 6.09 Å². The molecule has 2 bridgehead atoms. The average Bonchev–Trinajstić information content (AvgIpc) is 3.16. The van der Waals surface area contributed by atoms with Crippen molar-refractivity contribution in [2.75, 3.05) is 13.1 Å². The molecule has 0 radical (unpaired) electrons. The van der Waals surface area contributed by atoms with Gasteiger partial charge in [-0.2, -0.15) is 0 Å². The Bertz CT molecular complexity index is 634. The average molecular weight is 335 g/mol. The fourth-order valence-electron chi connectivity index (χ4n) is 3.52. The summed E-state index contributed by atoms with van der Waals surface area (Å²) in [5.74, 6) is 0.710. The number of hydrogen-bond acceptors (Lipinski definition) is 5.